The number of carboxylic acid groups (broad SMARTS) is 1. The highest BCUT2D eigenvalue weighted by Crippen LogP contribution is 2.11. The smallest absolute Gasteiger partial charge is 0.325 e. The summed E-state index contributed by atoms with van der Waals surface area (Å²) in [5, 5.41) is 22.9. The van der Waals surface area contributed by atoms with E-state index < -0.39 is 17.9 Å². The molecule has 6 heteroatoms. The molecule has 2 unspecified atom stereocenters. The SMILES string of the molecule is CC(N/C=C(/C#N)C(=O)NC(C)c1ccccc1)C(=O)O. The third-order valence-corrected chi connectivity index (χ3v) is 2.86. The van der Waals surface area contributed by atoms with Gasteiger partial charge in [0.15, 0.2) is 0 Å². The Morgan fingerprint density at radius 2 is 1.90 bits per heavy atom. The van der Waals surface area contributed by atoms with Crippen molar-refractivity contribution in [3.63, 3.8) is 0 Å². The maximum absolute atomic E-state index is 12.0. The minimum atomic E-state index is -1.07. The number of carbonyl (C=O) groups is 2. The molecule has 0 radical (unpaired) electrons. The van der Waals surface area contributed by atoms with Gasteiger partial charge in [0.2, 0.25) is 0 Å². The summed E-state index contributed by atoms with van der Waals surface area (Å²) in [6, 6.07) is 9.92. The Kier molecular flexibility index (Phi) is 5.96. The summed E-state index contributed by atoms with van der Waals surface area (Å²) < 4.78 is 0. The predicted octanol–water partition coefficient (Wildman–Crippen LogP) is 1.33. The Labute approximate surface area is 123 Å². The van der Waals surface area contributed by atoms with Gasteiger partial charge in [0.25, 0.3) is 5.91 Å². The molecule has 2 atom stereocenters. The first-order valence-electron chi connectivity index (χ1n) is 6.40. The molecule has 6 nitrogen and oxygen atoms in total. The van der Waals surface area contributed by atoms with Crippen molar-refractivity contribution in [1.82, 2.24) is 10.6 Å². The minimum absolute atomic E-state index is 0.175. The molecule has 3 N–H and O–H groups in total. The number of amides is 1. The van der Waals surface area contributed by atoms with Crippen LogP contribution in [0.15, 0.2) is 42.1 Å². The third-order valence-electron chi connectivity index (χ3n) is 2.86. The molecule has 21 heavy (non-hydrogen) atoms. The van der Waals surface area contributed by atoms with E-state index in [-0.39, 0.29) is 11.6 Å². The van der Waals surface area contributed by atoms with Crippen LogP contribution in [0.2, 0.25) is 0 Å². The second-order valence-electron chi connectivity index (χ2n) is 4.50. The molecule has 0 saturated heterocycles. The number of nitrogens with zero attached hydrogens (tertiary/aromatic N) is 1. The number of carbonyl (C=O) groups excluding carboxylic acids is 1. The number of aliphatic carboxylic acids is 1. The summed E-state index contributed by atoms with van der Waals surface area (Å²) in [5.41, 5.74) is 0.737. The third kappa shape index (κ3) is 4.99. The fraction of sp³-hybridized carbons (Fsp3) is 0.267. The van der Waals surface area contributed by atoms with Crippen molar-refractivity contribution in [2.24, 2.45) is 0 Å². The van der Waals surface area contributed by atoms with Crippen molar-refractivity contribution in [1.29, 1.82) is 5.26 Å². The normalized spacial score (nSPS) is 13.7. The number of hydrogen-bond donors (Lipinski definition) is 3. The molecule has 1 amide bonds. The van der Waals surface area contributed by atoms with Gasteiger partial charge in [-0.2, -0.15) is 5.26 Å². The van der Waals surface area contributed by atoms with E-state index in [9.17, 15) is 9.59 Å². The van der Waals surface area contributed by atoms with Crippen LogP contribution in [0.4, 0.5) is 0 Å². The highest BCUT2D eigenvalue weighted by atomic mass is 16.4. The van der Waals surface area contributed by atoms with Crippen molar-refractivity contribution >= 4 is 11.9 Å². The fourth-order valence-corrected chi connectivity index (χ4v) is 1.53. The summed E-state index contributed by atoms with van der Waals surface area (Å²) in [4.78, 5) is 22.6. The average Bonchev–Trinajstić information content (AvgIpc) is 2.48. The first-order chi connectivity index (χ1) is 9.95. The van der Waals surface area contributed by atoms with E-state index in [0.29, 0.717) is 0 Å². The molecule has 0 fully saturated rings. The van der Waals surface area contributed by atoms with Gasteiger partial charge in [-0.15, -0.1) is 0 Å². The average molecular weight is 287 g/mol. The zero-order valence-corrected chi connectivity index (χ0v) is 11.8. The minimum Gasteiger partial charge on any atom is -0.480 e. The number of carboxylic acids is 1. The van der Waals surface area contributed by atoms with Gasteiger partial charge in [-0.05, 0) is 19.4 Å². The predicted molar refractivity (Wildman–Crippen MR) is 76.9 cm³/mol. The van der Waals surface area contributed by atoms with Gasteiger partial charge in [-0.1, -0.05) is 30.3 Å². The first-order valence-corrected chi connectivity index (χ1v) is 6.40. The fourth-order valence-electron chi connectivity index (χ4n) is 1.53. The lowest BCUT2D eigenvalue weighted by Crippen LogP contribution is -2.32. The molecule has 0 aromatic heterocycles. The maximum Gasteiger partial charge on any atom is 0.325 e. The van der Waals surface area contributed by atoms with Crippen LogP contribution in [0.1, 0.15) is 25.5 Å². The lowest BCUT2D eigenvalue weighted by molar-refractivity contribution is -0.138. The Morgan fingerprint density at radius 1 is 1.29 bits per heavy atom. The van der Waals surface area contributed by atoms with Gasteiger partial charge in [0.1, 0.15) is 17.7 Å². The van der Waals surface area contributed by atoms with E-state index in [1.807, 2.05) is 30.3 Å². The van der Waals surface area contributed by atoms with Gasteiger partial charge in [0.05, 0.1) is 6.04 Å². The topological polar surface area (TPSA) is 102 Å². The van der Waals surface area contributed by atoms with E-state index in [2.05, 4.69) is 10.6 Å². The Balaban J connectivity index is 2.70. The molecule has 0 spiro atoms. The van der Waals surface area contributed by atoms with Crippen molar-refractivity contribution in [3.8, 4) is 6.07 Å². The van der Waals surface area contributed by atoms with Crippen LogP contribution >= 0.6 is 0 Å². The summed E-state index contributed by atoms with van der Waals surface area (Å²) in [5.74, 6) is -1.62. The van der Waals surface area contributed by atoms with Crippen LogP contribution in [-0.2, 0) is 9.59 Å². The lowest BCUT2D eigenvalue weighted by atomic mass is 10.1. The number of benzene rings is 1. The van der Waals surface area contributed by atoms with E-state index in [0.717, 1.165) is 11.8 Å². The van der Waals surface area contributed by atoms with Crippen molar-refractivity contribution < 1.29 is 14.7 Å². The van der Waals surface area contributed by atoms with E-state index in [1.165, 1.54) is 6.92 Å². The van der Waals surface area contributed by atoms with Gasteiger partial charge < -0.3 is 15.7 Å². The molecule has 1 aromatic rings. The molecule has 0 aliphatic heterocycles. The molecule has 0 heterocycles. The molecule has 0 aliphatic carbocycles. The quantitative estimate of drug-likeness (QED) is 0.541. The largest absolute Gasteiger partial charge is 0.480 e. The summed E-state index contributed by atoms with van der Waals surface area (Å²) >= 11 is 0. The molecular formula is C15H17N3O3. The van der Waals surface area contributed by atoms with Crippen molar-refractivity contribution in [3.05, 3.63) is 47.7 Å². The van der Waals surface area contributed by atoms with Gasteiger partial charge in [-0.25, -0.2) is 0 Å². The van der Waals surface area contributed by atoms with Crippen LogP contribution in [0, 0.1) is 11.3 Å². The van der Waals surface area contributed by atoms with Gasteiger partial charge in [-0.3, -0.25) is 9.59 Å². The summed E-state index contributed by atoms with van der Waals surface area (Å²) in [6.07, 6.45) is 1.12. The molecule has 1 rings (SSSR count). The Hall–Kier alpha value is -2.81. The van der Waals surface area contributed by atoms with Crippen LogP contribution in [-0.4, -0.2) is 23.0 Å². The highest BCUT2D eigenvalue weighted by molar-refractivity contribution is 5.97. The summed E-state index contributed by atoms with van der Waals surface area (Å²) in [7, 11) is 0. The molecule has 0 aliphatic rings. The second-order valence-corrected chi connectivity index (χ2v) is 4.50. The monoisotopic (exact) mass is 287 g/mol. The van der Waals surface area contributed by atoms with Crippen molar-refractivity contribution in [2.75, 3.05) is 0 Å². The first kappa shape index (κ1) is 16.2. The number of hydrogen-bond acceptors (Lipinski definition) is 4. The molecule has 110 valence electrons. The summed E-state index contributed by atoms with van der Waals surface area (Å²) in [6.45, 7) is 3.22. The standard InChI is InChI=1S/C15H17N3O3/c1-10(12-6-4-3-5-7-12)18-14(19)13(8-16)9-17-11(2)15(20)21/h3-7,9-11,17H,1-2H3,(H,18,19)(H,20,21)/b13-9-. The van der Waals surface area contributed by atoms with Crippen molar-refractivity contribution in [2.45, 2.75) is 25.9 Å². The second kappa shape index (κ2) is 7.70. The number of nitrogens with one attached hydrogen (secondary N) is 2. The Bertz CT molecular complexity index is 576. The zero-order chi connectivity index (χ0) is 15.8. The highest BCUT2D eigenvalue weighted by Gasteiger charge is 2.15. The zero-order valence-electron chi connectivity index (χ0n) is 11.8. The number of nitriles is 1. The molecular weight excluding hydrogens is 270 g/mol. The Morgan fingerprint density at radius 3 is 2.43 bits per heavy atom. The van der Waals surface area contributed by atoms with E-state index >= 15 is 0 Å². The molecule has 0 bridgehead atoms. The van der Waals surface area contributed by atoms with E-state index in [1.54, 1.807) is 13.0 Å². The van der Waals surface area contributed by atoms with Crippen LogP contribution in [0.25, 0.3) is 0 Å². The molecule has 1 aromatic carbocycles. The van der Waals surface area contributed by atoms with Crippen LogP contribution in [0.5, 0.6) is 0 Å². The van der Waals surface area contributed by atoms with Crippen LogP contribution < -0.4 is 10.6 Å². The van der Waals surface area contributed by atoms with E-state index in [4.69, 9.17) is 10.4 Å². The lowest BCUT2D eigenvalue weighted by Gasteiger charge is -2.14. The van der Waals surface area contributed by atoms with Crippen LogP contribution in [0.3, 0.4) is 0 Å². The maximum atomic E-state index is 12.0. The number of rotatable bonds is 6. The van der Waals surface area contributed by atoms with Gasteiger partial charge in [0, 0.05) is 6.20 Å². The van der Waals surface area contributed by atoms with Gasteiger partial charge >= 0.3 is 5.97 Å². The molecule has 0 saturated carbocycles.